The Balaban J connectivity index is 1.51. The second kappa shape index (κ2) is 7.50. The molecule has 4 rings (SSSR count). The molecule has 2 aromatic carbocycles. The molecule has 0 radical (unpaired) electrons. The number of amides is 1. The fraction of sp³-hybridized carbons (Fsp3) is 0.542. The number of halogens is 1. The molecule has 29 heavy (non-hydrogen) atoms. The van der Waals surface area contributed by atoms with E-state index < -0.39 is 5.54 Å². The van der Waals surface area contributed by atoms with E-state index in [0.29, 0.717) is 12.0 Å². The van der Waals surface area contributed by atoms with E-state index in [0.717, 1.165) is 45.3 Å². The van der Waals surface area contributed by atoms with Crippen molar-refractivity contribution in [3.63, 3.8) is 0 Å². The van der Waals surface area contributed by atoms with Crippen LogP contribution >= 0.6 is 15.9 Å². The Morgan fingerprint density at radius 2 is 1.86 bits per heavy atom. The van der Waals surface area contributed by atoms with Crippen LogP contribution in [0.15, 0.2) is 34.8 Å². The molecule has 1 amide bonds. The topological polar surface area (TPSA) is 47.6 Å². The lowest BCUT2D eigenvalue weighted by atomic mass is 9.72. The van der Waals surface area contributed by atoms with Crippen molar-refractivity contribution in [2.45, 2.75) is 65.0 Å². The molecule has 156 valence electrons. The molecular formula is C24H30BrNO3. The fourth-order valence-electron chi connectivity index (χ4n) is 4.60. The van der Waals surface area contributed by atoms with Gasteiger partial charge >= 0.3 is 6.09 Å². The molecule has 1 aliphatic carbocycles. The third-order valence-corrected chi connectivity index (χ3v) is 7.44. The van der Waals surface area contributed by atoms with Crippen molar-refractivity contribution in [2.24, 2.45) is 11.3 Å². The first kappa shape index (κ1) is 20.5. The summed E-state index contributed by atoms with van der Waals surface area (Å²) in [4.78, 5) is 11.5. The highest BCUT2D eigenvalue weighted by atomic mass is 79.9. The van der Waals surface area contributed by atoms with Crippen molar-refractivity contribution in [3.05, 3.63) is 40.4 Å². The number of alkyl carbamates (subject to hydrolysis) is 1. The maximum atomic E-state index is 11.5. The zero-order valence-electron chi connectivity index (χ0n) is 17.7. The Morgan fingerprint density at radius 3 is 2.48 bits per heavy atom. The highest BCUT2D eigenvalue weighted by Crippen LogP contribution is 2.41. The summed E-state index contributed by atoms with van der Waals surface area (Å²) in [6, 6.07) is 10.4. The van der Waals surface area contributed by atoms with Gasteiger partial charge in [0.15, 0.2) is 0 Å². The van der Waals surface area contributed by atoms with Gasteiger partial charge < -0.3 is 14.8 Å². The Hall–Kier alpha value is -1.75. The van der Waals surface area contributed by atoms with Crippen LogP contribution < -0.4 is 10.1 Å². The van der Waals surface area contributed by atoms with Crippen LogP contribution in [-0.2, 0) is 10.3 Å². The predicted molar refractivity (Wildman–Crippen MR) is 119 cm³/mol. The average Bonchev–Trinajstić information content (AvgIpc) is 3.03. The van der Waals surface area contributed by atoms with Crippen LogP contribution in [0.3, 0.4) is 0 Å². The monoisotopic (exact) mass is 459 g/mol. The highest BCUT2D eigenvalue weighted by Gasteiger charge is 2.36. The predicted octanol–water partition coefficient (Wildman–Crippen LogP) is 6.54. The number of carbonyl (C=O) groups excluding carboxylic acids is 1. The van der Waals surface area contributed by atoms with Crippen molar-refractivity contribution < 1.29 is 14.3 Å². The summed E-state index contributed by atoms with van der Waals surface area (Å²) in [5.74, 6) is 1.69. The standard InChI is InChI=1S/C24H30BrNO3/c1-23(2,3)16-6-9-18(10-7-16)29-20-12-5-15-13-17(8-11-19(15)21(20)25)24(4)14-28-22(27)26-24/h5,8,11-13,16,18H,6-7,9-10,14H2,1-4H3,(H,26,27). The van der Waals surface area contributed by atoms with Gasteiger partial charge in [-0.3, -0.25) is 0 Å². The van der Waals surface area contributed by atoms with Crippen LogP contribution in [0.4, 0.5) is 4.79 Å². The molecule has 1 heterocycles. The second-order valence-electron chi connectivity index (χ2n) is 9.80. The summed E-state index contributed by atoms with van der Waals surface area (Å²) in [6.45, 7) is 9.36. The zero-order valence-corrected chi connectivity index (χ0v) is 19.3. The van der Waals surface area contributed by atoms with Crippen LogP contribution in [0.2, 0.25) is 0 Å². The van der Waals surface area contributed by atoms with Gasteiger partial charge in [0, 0.05) is 0 Å². The first-order valence-corrected chi connectivity index (χ1v) is 11.3. The van der Waals surface area contributed by atoms with Crippen LogP contribution in [-0.4, -0.2) is 18.8 Å². The molecule has 1 saturated carbocycles. The number of carbonyl (C=O) groups is 1. The number of hydrogen-bond acceptors (Lipinski definition) is 3. The number of benzene rings is 2. The van der Waals surface area contributed by atoms with Gasteiger partial charge in [0.2, 0.25) is 0 Å². The van der Waals surface area contributed by atoms with Gasteiger partial charge in [-0.25, -0.2) is 4.79 Å². The molecule has 4 nitrogen and oxygen atoms in total. The fourth-order valence-corrected chi connectivity index (χ4v) is 5.18. The highest BCUT2D eigenvalue weighted by molar-refractivity contribution is 9.10. The summed E-state index contributed by atoms with van der Waals surface area (Å²) in [5.41, 5.74) is 0.933. The summed E-state index contributed by atoms with van der Waals surface area (Å²) in [6.07, 6.45) is 4.61. The SMILES string of the molecule is CC1(c2ccc3c(Br)c(OC4CCC(C(C)(C)C)CC4)ccc3c2)COC(=O)N1. The third-order valence-electron chi connectivity index (χ3n) is 6.62. The largest absolute Gasteiger partial charge is 0.489 e. The number of hydrogen-bond donors (Lipinski definition) is 1. The lowest BCUT2D eigenvalue weighted by molar-refractivity contribution is 0.0878. The summed E-state index contributed by atoms with van der Waals surface area (Å²) >= 11 is 3.76. The molecule has 0 spiro atoms. The summed E-state index contributed by atoms with van der Waals surface area (Å²) < 4.78 is 12.5. The Labute approximate surface area is 181 Å². The van der Waals surface area contributed by atoms with E-state index in [1.54, 1.807) is 0 Å². The van der Waals surface area contributed by atoms with Gasteiger partial charge in [0.25, 0.3) is 0 Å². The van der Waals surface area contributed by atoms with E-state index in [-0.39, 0.29) is 12.2 Å². The molecule has 1 N–H and O–H groups in total. The maximum absolute atomic E-state index is 11.5. The minimum atomic E-state index is -0.487. The first-order chi connectivity index (χ1) is 13.7. The van der Waals surface area contributed by atoms with Crippen molar-refractivity contribution >= 4 is 32.8 Å². The van der Waals surface area contributed by atoms with Crippen molar-refractivity contribution in [1.29, 1.82) is 0 Å². The van der Waals surface area contributed by atoms with E-state index in [1.807, 2.05) is 6.92 Å². The molecular weight excluding hydrogens is 430 g/mol. The van der Waals surface area contributed by atoms with E-state index in [1.165, 1.54) is 12.8 Å². The minimum Gasteiger partial charge on any atom is -0.489 e. The van der Waals surface area contributed by atoms with Gasteiger partial charge in [-0.1, -0.05) is 39.0 Å². The molecule has 0 bridgehead atoms. The molecule has 1 atom stereocenters. The molecule has 2 aromatic rings. The second-order valence-corrected chi connectivity index (χ2v) is 10.6. The molecule has 0 aromatic heterocycles. The number of rotatable bonds is 3. The number of fused-ring (bicyclic) bond motifs is 1. The van der Waals surface area contributed by atoms with Crippen molar-refractivity contribution in [2.75, 3.05) is 6.61 Å². The van der Waals surface area contributed by atoms with E-state index >= 15 is 0 Å². The molecule has 5 heteroatoms. The van der Waals surface area contributed by atoms with Crippen molar-refractivity contribution in [1.82, 2.24) is 5.32 Å². The Morgan fingerprint density at radius 1 is 1.14 bits per heavy atom. The van der Waals surface area contributed by atoms with Gasteiger partial charge in [-0.05, 0) is 88.3 Å². The smallest absolute Gasteiger partial charge is 0.408 e. The van der Waals surface area contributed by atoms with Gasteiger partial charge in [0.1, 0.15) is 12.4 Å². The normalized spacial score (nSPS) is 27.6. The number of ether oxygens (including phenoxy) is 2. The zero-order chi connectivity index (χ0) is 20.8. The quantitative estimate of drug-likeness (QED) is 0.566. The van der Waals surface area contributed by atoms with Crippen LogP contribution in [0.1, 0.15) is 58.9 Å². The molecule has 2 aliphatic rings. The molecule has 1 unspecified atom stereocenters. The van der Waals surface area contributed by atoms with E-state index in [4.69, 9.17) is 9.47 Å². The van der Waals surface area contributed by atoms with Gasteiger partial charge in [-0.15, -0.1) is 0 Å². The molecule has 1 aliphatic heterocycles. The maximum Gasteiger partial charge on any atom is 0.408 e. The molecule has 1 saturated heterocycles. The van der Waals surface area contributed by atoms with Gasteiger partial charge in [0.05, 0.1) is 16.1 Å². The van der Waals surface area contributed by atoms with E-state index in [2.05, 4.69) is 72.3 Å². The van der Waals surface area contributed by atoms with Crippen LogP contribution in [0.5, 0.6) is 5.75 Å². The third kappa shape index (κ3) is 4.11. The first-order valence-electron chi connectivity index (χ1n) is 10.5. The summed E-state index contributed by atoms with van der Waals surface area (Å²) in [5, 5.41) is 5.13. The number of cyclic esters (lactones) is 1. The lowest BCUT2D eigenvalue weighted by Crippen LogP contribution is -2.37. The Kier molecular flexibility index (Phi) is 5.30. The van der Waals surface area contributed by atoms with Crippen LogP contribution in [0.25, 0.3) is 10.8 Å². The Bertz CT molecular complexity index is 928. The van der Waals surface area contributed by atoms with Crippen LogP contribution in [0, 0.1) is 11.3 Å². The van der Waals surface area contributed by atoms with Gasteiger partial charge in [-0.2, -0.15) is 0 Å². The summed E-state index contributed by atoms with van der Waals surface area (Å²) in [7, 11) is 0. The van der Waals surface area contributed by atoms with Crippen molar-refractivity contribution in [3.8, 4) is 5.75 Å². The average molecular weight is 460 g/mol. The number of nitrogens with one attached hydrogen (secondary N) is 1. The molecule has 2 fully saturated rings. The van der Waals surface area contributed by atoms with E-state index in [9.17, 15) is 4.79 Å². The minimum absolute atomic E-state index is 0.284. The lowest BCUT2D eigenvalue weighted by Gasteiger charge is -2.37.